The van der Waals surface area contributed by atoms with Gasteiger partial charge in [0.25, 0.3) is 0 Å². The molecule has 0 saturated carbocycles. The average Bonchev–Trinajstić information content (AvgIpc) is 3.16. The van der Waals surface area contributed by atoms with E-state index < -0.39 is 15.8 Å². The predicted octanol–water partition coefficient (Wildman–Crippen LogP) is 2.38. The van der Waals surface area contributed by atoms with Gasteiger partial charge < -0.3 is 16.5 Å². The van der Waals surface area contributed by atoms with Gasteiger partial charge in [0, 0.05) is 35.6 Å². The van der Waals surface area contributed by atoms with Crippen LogP contribution in [0.25, 0.3) is 34.4 Å². The summed E-state index contributed by atoms with van der Waals surface area (Å²) in [5, 5.41) is 1.63. The van der Waals surface area contributed by atoms with Crippen LogP contribution >= 0.6 is 0 Å². The van der Waals surface area contributed by atoms with E-state index in [2.05, 4.69) is 23.1 Å². The molecule has 0 atom stereocenters. The molecule has 0 saturated heterocycles. The number of sulfonamides is 1. The van der Waals surface area contributed by atoms with Crippen LogP contribution in [0.3, 0.4) is 0 Å². The molecule has 34 heavy (non-hydrogen) atoms. The monoisotopic (exact) mass is 479 g/mol. The van der Waals surface area contributed by atoms with Crippen molar-refractivity contribution in [1.29, 1.82) is 0 Å². The zero-order valence-corrected chi connectivity index (χ0v) is 19.7. The van der Waals surface area contributed by atoms with Gasteiger partial charge in [-0.25, -0.2) is 17.8 Å². The zero-order valence-electron chi connectivity index (χ0n) is 18.9. The second kappa shape index (κ2) is 9.80. The summed E-state index contributed by atoms with van der Waals surface area (Å²) in [6.07, 6.45) is 11.9. The van der Waals surface area contributed by atoms with Crippen LogP contribution in [0.15, 0.2) is 79.2 Å². The van der Waals surface area contributed by atoms with Crippen LogP contribution in [0.2, 0.25) is 0 Å². The quantitative estimate of drug-likeness (QED) is 0.450. The topological polar surface area (TPSA) is 118 Å². The molecule has 0 fully saturated rings. The van der Waals surface area contributed by atoms with Gasteiger partial charge in [0.2, 0.25) is 10.0 Å². The van der Waals surface area contributed by atoms with Gasteiger partial charge in [-0.1, -0.05) is 43.5 Å². The highest BCUT2D eigenvalue weighted by molar-refractivity contribution is 7.92. The molecule has 2 aromatic heterocycles. The zero-order chi connectivity index (χ0) is 25.0. The number of nitrogens with zero attached hydrogens (tertiary/aromatic N) is 2. The highest BCUT2D eigenvalue weighted by Gasteiger charge is 2.17. The highest BCUT2D eigenvalue weighted by Crippen LogP contribution is 2.29. The molecule has 0 unspecified atom stereocenters. The Hall–Kier alpha value is -4.11. The first kappa shape index (κ1) is 24.5. The Bertz CT molecular complexity index is 1550. The molecule has 0 amide bonds. The molecule has 0 aliphatic rings. The standard InChI is InChI=1S/C25H26FN5O2S/c1-5-6-7-18(13-27)16(2)12-20-22(14-28)30-25-24(20)23(21(26)15-29-25)17-8-10-19(11-9-17)31(3)34(4,32)33/h5-15H,1-2,27-28H2,3-4H3,(H,29,30)/b7-6-,18-13+,20-12+,22-14+. The van der Waals surface area contributed by atoms with E-state index >= 15 is 4.39 Å². The van der Waals surface area contributed by atoms with Crippen LogP contribution in [0, 0.1) is 5.82 Å². The van der Waals surface area contributed by atoms with Gasteiger partial charge in [0.15, 0.2) is 0 Å². The molecule has 176 valence electrons. The summed E-state index contributed by atoms with van der Waals surface area (Å²) in [7, 11) is -1.98. The number of anilines is 1. The van der Waals surface area contributed by atoms with E-state index in [9.17, 15) is 8.42 Å². The largest absolute Gasteiger partial charge is 0.404 e. The number of nitrogens with two attached hydrogens (primary N) is 2. The number of rotatable bonds is 7. The maximum absolute atomic E-state index is 15.2. The Morgan fingerprint density at radius 2 is 1.91 bits per heavy atom. The second-order valence-electron chi connectivity index (χ2n) is 7.49. The Labute approximate surface area is 197 Å². The van der Waals surface area contributed by atoms with E-state index in [4.69, 9.17) is 11.5 Å². The summed E-state index contributed by atoms with van der Waals surface area (Å²) in [6, 6.07) is 6.54. The van der Waals surface area contributed by atoms with Crippen molar-refractivity contribution >= 4 is 39.0 Å². The third-order valence-corrected chi connectivity index (χ3v) is 6.52. The molecule has 3 aromatic rings. The van der Waals surface area contributed by atoms with Crippen LogP contribution in [-0.2, 0) is 10.0 Å². The number of aromatic nitrogens is 2. The molecule has 0 aliphatic carbocycles. The van der Waals surface area contributed by atoms with Gasteiger partial charge in [-0.2, -0.15) is 0 Å². The summed E-state index contributed by atoms with van der Waals surface area (Å²) in [4.78, 5) is 7.29. The van der Waals surface area contributed by atoms with Crippen molar-refractivity contribution in [2.45, 2.75) is 0 Å². The number of H-pyrrole nitrogens is 1. The Morgan fingerprint density at radius 3 is 2.47 bits per heavy atom. The molecule has 3 rings (SSSR count). The summed E-state index contributed by atoms with van der Waals surface area (Å²) in [6.45, 7) is 7.73. The van der Waals surface area contributed by atoms with Gasteiger partial charge in [-0.3, -0.25) is 4.31 Å². The van der Waals surface area contributed by atoms with Crippen LogP contribution in [0.1, 0.15) is 0 Å². The predicted molar refractivity (Wildman–Crippen MR) is 138 cm³/mol. The lowest BCUT2D eigenvalue weighted by molar-refractivity contribution is 0.600. The second-order valence-corrected chi connectivity index (χ2v) is 9.50. The maximum atomic E-state index is 15.2. The Morgan fingerprint density at radius 1 is 1.24 bits per heavy atom. The van der Waals surface area contributed by atoms with Crippen molar-refractivity contribution in [3.63, 3.8) is 0 Å². The normalized spacial score (nSPS) is 13.7. The van der Waals surface area contributed by atoms with Crippen molar-refractivity contribution in [3.8, 4) is 11.1 Å². The lowest BCUT2D eigenvalue weighted by Crippen LogP contribution is -2.25. The number of halogens is 1. The third kappa shape index (κ3) is 4.79. The fourth-order valence-electron chi connectivity index (χ4n) is 3.47. The number of aromatic amines is 1. The van der Waals surface area contributed by atoms with Crippen LogP contribution in [0.4, 0.5) is 10.1 Å². The molecular formula is C25H26FN5O2S. The first-order valence-corrected chi connectivity index (χ1v) is 12.0. The van der Waals surface area contributed by atoms with E-state index in [0.29, 0.717) is 49.6 Å². The molecule has 9 heteroatoms. The minimum atomic E-state index is -3.43. The van der Waals surface area contributed by atoms with E-state index in [-0.39, 0.29) is 0 Å². The van der Waals surface area contributed by atoms with Gasteiger partial charge in [-0.05, 0) is 34.9 Å². The summed E-state index contributed by atoms with van der Waals surface area (Å²) < 4.78 is 40.0. The molecule has 1 aromatic carbocycles. The summed E-state index contributed by atoms with van der Waals surface area (Å²) in [5.41, 5.74) is 14.5. The minimum Gasteiger partial charge on any atom is -0.404 e. The molecule has 0 spiro atoms. The molecule has 5 N–H and O–H groups in total. The van der Waals surface area contributed by atoms with Gasteiger partial charge in [-0.15, -0.1) is 0 Å². The first-order chi connectivity index (χ1) is 16.1. The third-order valence-electron chi connectivity index (χ3n) is 5.31. The van der Waals surface area contributed by atoms with E-state index in [0.717, 1.165) is 16.8 Å². The minimum absolute atomic E-state index is 0.293. The number of allylic oxidation sites excluding steroid dienone is 5. The maximum Gasteiger partial charge on any atom is 0.231 e. The fourth-order valence-corrected chi connectivity index (χ4v) is 3.97. The van der Waals surface area contributed by atoms with Crippen molar-refractivity contribution in [3.05, 3.63) is 95.6 Å². The lowest BCUT2D eigenvalue weighted by Gasteiger charge is -2.17. The molecule has 0 radical (unpaired) electrons. The van der Waals surface area contributed by atoms with Crippen molar-refractivity contribution in [2.24, 2.45) is 11.5 Å². The number of benzene rings is 1. The Balaban J connectivity index is 2.29. The van der Waals surface area contributed by atoms with Gasteiger partial charge >= 0.3 is 0 Å². The Kier molecular flexibility index (Phi) is 7.07. The SMILES string of the molecule is C=C/C=C\C(=C/N)C(=C)/C=c1\c(=C/N)[nH]c2ncc(F)c(-c3ccc(N(C)S(C)(=O)=O)cc3)c12. The van der Waals surface area contributed by atoms with Crippen LogP contribution in [-0.4, -0.2) is 31.7 Å². The number of pyridine rings is 1. The van der Waals surface area contributed by atoms with Crippen molar-refractivity contribution < 1.29 is 12.8 Å². The number of fused-ring (bicyclic) bond motifs is 1. The summed E-state index contributed by atoms with van der Waals surface area (Å²) >= 11 is 0. The average molecular weight is 480 g/mol. The van der Waals surface area contributed by atoms with E-state index in [1.54, 1.807) is 48.6 Å². The molecule has 0 aliphatic heterocycles. The van der Waals surface area contributed by atoms with Gasteiger partial charge in [0.05, 0.1) is 23.5 Å². The van der Waals surface area contributed by atoms with Crippen LogP contribution < -0.4 is 26.3 Å². The number of hydrogen-bond donors (Lipinski definition) is 3. The van der Waals surface area contributed by atoms with Crippen molar-refractivity contribution in [1.82, 2.24) is 9.97 Å². The highest BCUT2D eigenvalue weighted by atomic mass is 32.2. The molecule has 7 nitrogen and oxygen atoms in total. The first-order valence-electron chi connectivity index (χ1n) is 10.2. The molecule has 0 bridgehead atoms. The van der Waals surface area contributed by atoms with Crippen molar-refractivity contribution in [2.75, 3.05) is 17.6 Å². The smallest absolute Gasteiger partial charge is 0.231 e. The van der Waals surface area contributed by atoms with Crippen LogP contribution in [0.5, 0.6) is 0 Å². The number of hydrogen-bond acceptors (Lipinski definition) is 5. The summed E-state index contributed by atoms with van der Waals surface area (Å²) in [5.74, 6) is -0.541. The molecule has 2 heterocycles. The fraction of sp³-hybridized carbons (Fsp3) is 0.0800. The number of nitrogens with one attached hydrogen (secondary N) is 1. The van der Waals surface area contributed by atoms with E-state index in [1.807, 2.05) is 0 Å². The lowest BCUT2D eigenvalue weighted by atomic mass is 10.00. The van der Waals surface area contributed by atoms with E-state index in [1.165, 1.54) is 19.4 Å². The van der Waals surface area contributed by atoms with Gasteiger partial charge in [0.1, 0.15) is 11.5 Å². The molecular weight excluding hydrogens is 453 g/mol.